The second-order valence-corrected chi connectivity index (χ2v) is 6.96. The number of nitrogens with one attached hydrogen (secondary N) is 1. The largest absolute Gasteiger partial charge is 0.495 e. The molecule has 7 nitrogen and oxygen atoms in total. The molecule has 142 valence electrons. The maximum Gasteiger partial charge on any atom is 0.329 e. The average Bonchev–Trinajstić information content (AvgIpc) is 2.96. The number of carboxylic acids is 1. The molecule has 0 bridgehead atoms. The summed E-state index contributed by atoms with van der Waals surface area (Å²) in [5.41, 5.74) is 0.272. The molecule has 0 spiro atoms. The predicted molar refractivity (Wildman–Crippen MR) is 97.3 cm³/mol. The molecule has 1 aliphatic rings. The molecule has 2 amide bonds. The lowest BCUT2D eigenvalue weighted by Gasteiger charge is -2.27. The van der Waals surface area contributed by atoms with E-state index in [0.29, 0.717) is 24.3 Å². The maximum atomic E-state index is 12.6. The minimum absolute atomic E-state index is 0.0464. The van der Waals surface area contributed by atoms with Crippen LogP contribution in [0.1, 0.15) is 38.7 Å². The summed E-state index contributed by atoms with van der Waals surface area (Å²) in [5, 5.41) is 12.0. The Balaban J connectivity index is 2.18. The number of aliphatic carboxylic acids is 1. The highest BCUT2D eigenvalue weighted by Gasteiger charge is 2.40. The highest BCUT2D eigenvalue weighted by atomic mass is 16.5. The van der Waals surface area contributed by atoms with Crippen LogP contribution >= 0.6 is 0 Å². The normalized spacial score (nSPS) is 19.2. The number of amides is 2. The molecule has 7 heteroatoms. The minimum atomic E-state index is -1.33. The van der Waals surface area contributed by atoms with Crippen LogP contribution in [0.15, 0.2) is 18.2 Å². The van der Waals surface area contributed by atoms with Crippen molar-refractivity contribution >= 4 is 23.5 Å². The van der Waals surface area contributed by atoms with Crippen molar-refractivity contribution < 1.29 is 24.2 Å². The van der Waals surface area contributed by atoms with E-state index >= 15 is 0 Å². The Bertz CT molecular complexity index is 718. The number of benzene rings is 1. The van der Waals surface area contributed by atoms with Gasteiger partial charge in [0.25, 0.3) is 0 Å². The molecular weight excluding hydrogens is 336 g/mol. The van der Waals surface area contributed by atoms with E-state index in [1.807, 2.05) is 26.0 Å². The third-order valence-corrected chi connectivity index (χ3v) is 4.74. The van der Waals surface area contributed by atoms with E-state index in [2.05, 4.69) is 5.32 Å². The van der Waals surface area contributed by atoms with Gasteiger partial charge < -0.3 is 20.1 Å². The first-order valence-electron chi connectivity index (χ1n) is 8.72. The molecule has 1 aromatic carbocycles. The van der Waals surface area contributed by atoms with E-state index in [4.69, 9.17) is 4.74 Å². The van der Waals surface area contributed by atoms with Crippen molar-refractivity contribution in [2.75, 3.05) is 18.6 Å². The van der Waals surface area contributed by atoms with Crippen molar-refractivity contribution in [3.63, 3.8) is 0 Å². The van der Waals surface area contributed by atoms with Gasteiger partial charge >= 0.3 is 5.97 Å². The second-order valence-electron chi connectivity index (χ2n) is 6.96. The molecule has 1 fully saturated rings. The number of carbonyl (C=O) groups is 3. The molecule has 2 rings (SSSR count). The number of methoxy groups -OCH3 is 1. The fraction of sp³-hybridized carbons (Fsp3) is 0.526. The van der Waals surface area contributed by atoms with Crippen LogP contribution < -0.4 is 15.0 Å². The Kier molecular flexibility index (Phi) is 5.90. The number of nitrogens with zero attached hydrogens (tertiary/aromatic N) is 1. The number of hydrogen-bond acceptors (Lipinski definition) is 4. The van der Waals surface area contributed by atoms with Gasteiger partial charge in [-0.1, -0.05) is 19.4 Å². The van der Waals surface area contributed by atoms with Gasteiger partial charge in [-0.15, -0.1) is 0 Å². The number of carbonyl (C=O) groups excluding carboxylic acids is 2. The van der Waals surface area contributed by atoms with Gasteiger partial charge in [0, 0.05) is 13.0 Å². The van der Waals surface area contributed by atoms with Crippen LogP contribution in [0.4, 0.5) is 5.69 Å². The summed E-state index contributed by atoms with van der Waals surface area (Å²) < 4.78 is 5.33. The third kappa shape index (κ3) is 3.98. The van der Waals surface area contributed by atoms with Gasteiger partial charge in [0.2, 0.25) is 11.8 Å². The number of hydrogen-bond donors (Lipinski definition) is 2. The van der Waals surface area contributed by atoms with Crippen LogP contribution in [-0.4, -0.2) is 42.1 Å². The Labute approximate surface area is 153 Å². The number of rotatable bonds is 7. The highest BCUT2D eigenvalue weighted by molar-refractivity contribution is 6.02. The van der Waals surface area contributed by atoms with E-state index in [9.17, 15) is 19.5 Å². The summed E-state index contributed by atoms with van der Waals surface area (Å²) in [5.74, 6) is -1.70. The van der Waals surface area contributed by atoms with Crippen molar-refractivity contribution in [1.82, 2.24) is 5.32 Å². The highest BCUT2D eigenvalue weighted by Crippen LogP contribution is 2.34. The first-order chi connectivity index (χ1) is 12.2. The van der Waals surface area contributed by atoms with E-state index < -0.39 is 23.3 Å². The molecule has 26 heavy (non-hydrogen) atoms. The molecule has 2 atom stereocenters. The maximum absolute atomic E-state index is 12.6. The van der Waals surface area contributed by atoms with Gasteiger partial charge in [-0.25, -0.2) is 4.79 Å². The van der Waals surface area contributed by atoms with Gasteiger partial charge in [-0.05, 0) is 38.0 Å². The van der Waals surface area contributed by atoms with Crippen molar-refractivity contribution in [1.29, 1.82) is 0 Å². The predicted octanol–water partition coefficient (Wildman–Crippen LogP) is 2.12. The minimum Gasteiger partial charge on any atom is -0.495 e. The van der Waals surface area contributed by atoms with Crippen LogP contribution in [0, 0.1) is 12.8 Å². The van der Waals surface area contributed by atoms with E-state index in [0.717, 1.165) is 5.56 Å². The number of carboxylic acid groups (broad SMARTS) is 1. The van der Waals surface area contributed by atoms with Crippen molar-refractivity contribution in [3.05, 3.63) is 23.8 Å². The van der Waals surface area contributed by atoms with E-state index in [-0.39, 0.29) is 18.9 Å². The molecule has 2 N–H and O–H groups in total. The molecule has 0 saturated carbocycles. The molecule has 2 unspecified atom stereocenters. The molecular formula is C19H26N2O5. The smallest absolute Gasteiger partial charge is 0.329 e. The standard InChI is InChI=1S/C19H26N2O5/c1-5-8-19(3,18(24)25)20-17(23)13-10-16(22)21(11-13)14-9-12(2)6-7-15(14)26-4/h6-7,9,13H,5,8,10-11H2,1-4H3,(H,20,23)(H,24,25). The summed E-state index contributed by atoms with van der Waals surface area (Å²) in [4.78, 5) is 38.1. The van der Waals surface area contributed by atoms with Crippen molar-refractivity contribution in [3.8, 4) is 5.75 Å². The SMILES string of the molecule is CCCC(C)(NC(=O)C1CC(=O)N(c2cc(C)ccc2OC)C1)C(=O)O. The zero-order valence-electron chi connectivity index (χ0n) is 15.7. The van der Waals surface area contributed by atoms with Gasteiger partial charge in [0.1, 0.15) is 11.3 Å². The van der Waals surface area contributed by atoms with Crippen LogP contribution in [0.3, 0.4) is 0 Å². The average molecular weight is 362 g/mol. The first kappa shape index (κ1) is 19.8. The van der Waals surface area contributed by atoms with Crippen LogP contribution in [0.5, 0.6) is 5.75 Å². The zero-order chi connectivity index (χ0) is 19.5. The van der Waals surface area contributed by atoms with Gasteiger partial charge in [0.05, 0.1) is 18.7 Å². The molecule has 1 aliphatic heterocycles. The van der Waals surface area contributed by atoms with E-state index in [1.165, 1.54) is 18.9 Å². The Hall–Kier alpha value is -2.57. The molecule has 0 aliphatic carbocycles. The summed E-state index contributed by atoms with van der Waals surface area (Å²) in [6, 6.07) is 5.51. The summed E-state index contributed by atoms with van der Waals surface area (Å²) in [6.07, 6.45) is 0.994. The molecule has 1 saturated heterocycles. The fourth-order valence-corrected chi connectivity index (χ4v) is 3.22. The van der Waals surface area contributed by atoms with Crippen molar-refractivity contribution in [2.45, 2.75) is 45.6 Å². The quantitative estimate of drug-likeness (QED) is 0.774. The van der Waals surface area contributed by atoms with Gasteiger partial charge in [0.15, 0.2) is 0 Å². The third-order valence-electron chi connectivity index (χ3n) is 4.74. The Morgan fingerprint density at radius 1 is 1.42 bits per heavy atom. The monoisotopic (exact) mass is 362 g/mol. The van der Waals surface area contributed by atoms with Crippen LogP contribution in [-0.2, 0) is 14.4 Å². The fourth-order valence-electron chi connectivity index (χ4n) is 3.22. The second kappa shape index (κ2) is 7.76. The van der Waals surface area contributed by atoms with Crippen LogP contribution in [0.2, 0.25) is 0 Å². The van der Waals surface area contributed by atoms with Crippen LogP contribution in [0.25, 0.3) is 0 Å². The number of aryl methyl sites for hydroxylation is 1. The van der Waals surface area contributed by atoms with Gasteiger partial charge in [-0.2, -0.15) is 0 Å². The lowest BCUT2D eigenvalue weighted by molar-refractivity contribution is -0.147. The summed E-state index contributed by atoms with van der Waals surface area (Å²) in [7, 11) is 1.53. The number of ether oxygens (including phenoxy) is 1. The lowest BCUT2D eigenvalue weighted by atomic mass is 9.95. The topological polar surface area (TPSA) is 95.9 Å². The first-order valence-corrected chi connectivity index (χ1v) is 8.72. The molecule has 1 heterocycles. The molecule has 0 aromatic heterocycles. The zero-order valence-corrected chi connectivity index (χ0v) is 15.7. The Morgan fingerprint density at radius 2 is 2.12 bits per heavy atom. The Morgan fingerprint density at radius 3 is 2.69 bits per heavy atom. The lowest BCUT2D eigenvalue weighted by Crippen LogP contribution is -2.54. The molecule has 1 aromatic rings. The van der Waals surface area contributed by atoms with E-state index in [1.54, 1.807) is 6.07 Å². The molecule has 0 radical (unpaired) electrons. The van der Waals surface area contributed by atoms with Crippen molar-refractivity contribution in [2.24, 2.45) is 5.92 Å². The van der Waals surface area contributed by atoms with Gasteiger partial charge in [-0.3, -0.25) is 9.59 Å². The number of anilines is 1. The summed E-state index contributed by atoms with van der Waals surface area (Å²) in [6.45, 7) is 5.47. The summed E-state index contributed by atoms with van der Waals surface area (Å²) >= 11 is 0.